The maximum absolute atomic E-state index is 12.9. The molecule has 1 aliphatic heterocycles. The number of halogens is 3. The van der Waals surface area contributed by atoms with Crippen molar-refractivity contribution < 1.29 is 9.18 Å². The van der Waals surface area contributed by atoms with E-state index in [0.717, 1.165) is 42.2 Å². The number of amides is 1. The van der Waals surface area contributed by atoms with Crippen LogP contribution in [-0.4, -0.2) is 30.0 Å². The maximum Gasteiger partial charge on any atom is 0.226 e. The lowest BCUT2D eigenvalue weighted by Crippen LogP contribution is -2.46. The number of aromatic nitrogens is 1. The fourth-order valence-electron chi connectivity index (χ4n) is 2.71. The van der Waals surface area contributed by atoms with Crippen LogP contribution in [0.15, 0.2) is 29.6 Å². The number of thiazole rings is 1. The Morgan fingerprint density at radius 2 is 2.08 bits per heavy atom. The Kier molecular flexibility index (Phi) is 9.35. The second-order valence-electron chi connectivity index (χ2n) is 5.82. The summed E-state index contributed by atoms with van der Waals surface area (Å²) < 4.78 is 12.9. The molecule has 4 nitrogen and oxygen atoms in total. The molecule has 2 N–H and O–H groups in total. The number of hydrogen-bond acceptors (Lipinski definition) is 4. The van der Waals surface area contributed by atoms with Gasteiger partial charge in [0.25, 0.3) is 0 Å². The van der Waals surface area contributed by atoms with Crippen molar-refractivity contribution >= 4 is 42.1 Å². The fraction of sp³-hybridized carbons (Fsp3) is 0.412. The van der Waals surface area contributed by atoms with Crippen LogP contribution in [0.1, 0.15) is 29.1 Å². The van der Waals surface area contributed by atoms with Crippen molar-refractivity contribution in [2.45, 2.75) is 31.7 Å². The van der Waals surface area contributed by atoms with Crippen molar-refractivity contribution in [3.05, 3.63) is 51.7 Å². The number of rotatable bonds is 5. The first-order chi connectivity index (χ1) is 11.2. The van der Waals surface area contributed by atoms with Crippen LogP contribution in [-0.2, 0) is 17.6 Å². The average molecular weight is 406 g/mol. The average Bonchev–Trinajstić information content (AvgIpc) is 2.97. The molecule has 1 saturated heterocycles. The number of hydrogen-bond donors (Lipinski definition) is 2. The monoisotopic (exact) mass is 405 g/mol. The zero-order valence-corrected chi connectivity index (χ0v) is 16.1. The number of nitrogens with one attached hydrogen (secondary N) is 2. The SMILES string of the molecule is Cl.Cl.O=C(Cc1csc(Cc2ccc(F)cc2)n1)NC1CCCNC1. The summed E-state index contributed by atoms with van der Waals surface area (Å²) in [4.78, 5) is 16.6. The van der Waals surface area contributed by atoms with Crippen molar-refractivity contribution in [2.75, 3.05) is 13.1 Å². The zero-order valence-electron chi connectivity index (χ0n) is 13.7. The lowest BCUT2D eigenvalue weighted by Gasteiger charge is -2.23. The van der Waals surface area contributed by atoms with Gasteiger partial charge in [-0.05, 0) is 37.1 Å². The van der Waals surface area contributed by atoms with Gasteiger partial charge in [-0.25, -0.2) is 9.37 Å². The van der Waals surface area contributed by atoms with Gasteiger partial charge in [0.2, 0.25) is 5.91 Å². The molecule has 1 aromatic carbocycles. The molecular formula is C17H22Cl2FN3OS. The highest BCUT2D eigenvalue weighted by atomic mass is 35.5. The molecule has 2 aromatic rings. The molecular weight excluding hydrogens is 384 g/mol. The molecule has 0 saturated carbocycles. The molecule has 1 aromatic heterocycles. The summed E-state index contributed by atoms with van der Waals surface area (Å²) in [7, 11) is 0. The highest BCUT2D eigenvalue weighted by Gasteiger charge is 2.16. The van der Waals surface area contributed by atoms with Crippen LogP contribution in [0, 0.1) is 5.82 Å². The van der Waals surface area contributed by atoms with E-state index in [1.54, 1.807) is 12.1 Å². The number of nitrogens with zero attached hydrogens (tertiary/aromatic N) is 1. The van der Waals surface area contributed by atoms with Gasteiger partial charge in [-0.3, -0.25) is 4.79 Å². The predicted octanol–water partition coefficient (Wildman–Crippen LogP) is 3.13. The highest BCUT2D eigenvalue weighted by molar-refractivity contribution is 7.09. The van der Waals surface area contributed by atoms with E-state index < -0.39 is 0 Å². The fourth-order valence-corrected chi connectivity index (χ4v) is 3.53. The first-order valence-electron chi connectivity index (χ1n) is 7.87. The lowest BCUT2D eigenvalue weighted by molar-refractivity contribution is -0.121. The summed E-state index contributed by atoms with van der Waals surface area (Å²) in [6, 6.07) is 6.66. The van der Waals surface area contributed by atoms with E-state index >= 15 is 0 Å². The normalized spacial score (nSPS) is 16.4. The molecule has 138 valence electrons. The summed E-state index contributed by atoms with van der Waals surface area (Å²) in [5.41, 5.74) is 1.82. The largest absolute Gasteiger partial charge is 0.352 e. The van der Waals surface area contributed by atoms with Crippen LogP contribution < -0.4 is 10.6 Å². The van der Waals surface area contributed by atoms with E-state index in [9.17, 15) is 9.18 Å². The van der Waals surface area contributed by atoms with Crippen molar-refractivity contribution in [2.24, 2.45) is 0 Å². The maximum atomic E-state index is 12.9. The van der Waals surface area contributed by atoms with Crippen LogP contribution >= 0.6 is 36.2 Å². The Balaban J connectivity index is 0.00000156. The van der Waals surface area contributed by atoms with Gasteiger partial charge >= 0.3 is 0 Å². The molecule has 8 heteroatoms. The number of piperidine rings is 1. The Labute approximate surface area is 163 Å². The molecule has 3 rings (SSSR count). The molecule has 2 heterocycles. The summed E-state index contributed by atoms with van der Waals surface area (Å²) >= 11 is 1.54. The van der Waals surface area contributed by atoms with Crippen LogP contribution in [0.25, 0.3) is 0 Å². The Morgan fingerprint density at radius 1 is 1.32 bits per heavy atom. The Bertz CT molecular complexity index is 660. The summed E-state index contributed by atoms with van der Waals surface area (Å²) in [6.45, 7) is 1.88. The first-order valence-corrected chi connectivity index (χ1v) is 8.75. The second kappa shape index (κ2) is 10.7. The molecule has 0 aliphatic carbocycles. The van der Waals surface area contributed by atoms with E-state index in [0.29, 0.717) is 12.8 Å². The van der Waals surface area contributed by atoms with Crippen LogP contribution in [0.3, 0.4) is 0 Å². The third-order valence-electron chi connectivity index (χ3n) is 3.87. The quantitative estimate of drug-likeness (QED) is 0.803. The van der Waals surface area contributed by atoms with Crippen molar-refractivity contribution in [3.8, 4) is 0 Å². The number of carbonyl (C=O) groups excluding carboxylic acids is 1. The van der Waals surface area contributed by atoms with E-state index in [4.69, 9.17) is 0 Å². The third-order valence-corrected chi connectivity index (χ3v) is 4.77. The molecule has 0 radical (unpaired) electrons. The standard InChI is InChI=1S/C17H20FN3OS.2ClH/c18-13-5-3-12(4-6-13)8-17-21-15(11-23-17)9-16(22)20-14-2-1-7-19-10-14;;/h3-6,11,14,19H,1-2,7-10H2,(H,20,22);2*1H. The zero-order chi connectivity index (χ0) is 16.1. The van der Waals surface area contributed by atoms with Crippen LogP contribution in [0.5, 0.6) is 0 Å². The molecule has 1 unspecified atom stereocenters. The molecule has 1 amide bonds. The Morgan fingerprint density at radius 3 is 2.76 bits per heavy atom. The predicted molar refractivity (Wildman–Crippen MR) is 104 cm³/mol. The molecule has 1 aliphatic rings. The van der Waals surface area contributed by atoms with Gasteiger partial charge < -0.3 is 10.6 Å². The van der Waals surface area contributed by atoms with Gasteiger partial charge in [0, 0.05) is 24.4 Å². The van der Waals surface area contributed by atoms with Crippen LogP contribution in [0.4, 0.5) is 4.39 Å². The molecule has 0 bridgehead atoms. The topological polar surface area (TPSA) is 54.0 Å². The van der Waals surface area contributed by atoms with Gasteiger partial charge in [0.15, 0.2) is 0 Å². The minimum Gasteiger partial charge on any atom is -0.352 e. The van der Waals surface area contributed by atoms with Crippen molar-refractivity contribution in [3.63, 3.8) is 0 Å². The van der Waals surface area contributed by atoms with Crippen LogP contribution in [0.2, 0.25) is 0 Å². The van der Waals surface area contributed by atoms with Gasteiger partial charge in [-0.1, -0.05) is 12.1 Å². The molecule has 1 fully saturated rings. The molecule has 0 spiro atoms. The highest BCUT2D eigenvalue weighted by Crippen LogP contribution is 2.16. The minimum atomic E-state index is -0.234. The Hall–Kier alpha value is -1.21. The van der Waals surface area contributed by atoms with Gasteiger partial charge in [0.1, 0.15) is 5.82 Å². The first kappa shape index (κ1) is 21.8. The van der Waals surface area contributed by atoms with Gasteiger partial charge in [0.05, 0.1) is 17.1 Å². The van der Waals surface area contributed by atoms with Crippen molar-refractivity contribution in [1.82, 2.24) is 15.6 Å². The van der Waals surface area contributed by atoms with Gasteiger partial charge in [-0.15, -0.1) is 36.2 Å². The minimum absolute atomic E-state index is 0. The smallest absolute Gasteiger partial charge is 0.226 e. The van der Waals surface area contributed by atoms with E-state index in [1.807, 2.05) is 5.38 Å². The van der Waals surface area contributed by atoms with E-state index in [-0.39, 0.29) is 42.6 Å². The summed E-state index contributed by atoms with van der Waals surface area (Å²) in [6.07, 6.45) is 3.12. The number of carbonyl (C=O) groups is 1. The summed E-state index contributed by atoms with van der Waals surface area (Å²) in [5, 5.41) is 9.21. The van der Waals surface area contributed by atoms with Gasteiger partial charge in [-0.2, -0.15) is 0 Å². The van der Waals surface area contributed by atoms with E-state index in [1.165, 1.54) is 23.5 Å². The third kappa shape index (κ3) is 6.90. The molecule has 1 atom stereocenters. The van der Waals surface area contributed by atoms with Crippen molar-refractivity contribution in [1.29, 1.82) is 0 Å². The summed E-state index contributed by atoms with van der Waals surface area (Å²) in [5.74, 6) is -0.209. The van der Waals surface area contributed by atoms with E-state index in [2.05, 4.69) is 15.6 Å². The molecule has 25 heavy (non-hydrogen) atoms. The number of benzene rings is 1. The lowest BCUT2D eigenvalue weighted by atomic mass is 10.1. The second-order valence-corrected chi connectivity index (χ2v) is 6.77.